The van der Waals surface area contributed by atoms with Gasteiger partial charge in [0.1, 0.15) is 5.71 Å². The molecule has 0 aromatic carbocycles. The summed E-state index contributed by atoms with van der Waals surface area (Å²) < 4.78 is 36.3. The third-order valence-corrected chi connectivity index (χ3v) is 1.23. The van der Waals surface area contributed by atoms with Crippen LogP contribution in [0.15, 0.2) is 29.3 Å². The lowest BCUT2D eigenvalue weighted by Gasteiger charge is -2.09. The van der Waals surface area contributed by atoms with Crippen LogP contribution < -0.4 is 0 Å². The fourth-order valence-corrected chi connectivity index (χ4v) is 0.782. The van der Waals surface area contributed by atoms with Crippen LogP contribution >= 0.6 is 0 Å². The van der Waals surface area contributed by atoms with Crippen LogP contribution in [0, 0.1) is 0 Å². The van der Waals surface area contributed by atoms with Crippen molar-refractivity contribution in [3.63, 3.8) is 0 Å². The van der Waals surface area contributed by atoms with Crippen LogP contribution in [0.25, 0.3) is 0 Å². The van der Waals surface area contributed by atoms with Crippen LogP contribution in [-0.2, 0) is 0 Å². The zero-order valence-electron chi connectivity index (χ0n) is 8.94. The first-order valence-corrected chi connectivity index (χ1v) is 4.27. The summed E-state index contributed by atoms with van der Waals surface area (Å²) in [5.74, 6) is 0. The Bertz CT molecular complexity index is 224. The molecule has 82 valence electrons. The number of nitrogens with zero attached hydrogens (tertiary/aromatic N) is 1. The zero-order valence-corrected chi connectivity index (χ0v) is 8.94. The number of rotatable bonds is 2. The molecule has 0 atom stereocenters. The second-order valence-corrected chi connectivity index (χ2v) is 2.16. The largest absolute Gasteiger partial charge is 0.433 e. The van der Waals surface area contributed by atoms with E-state index in [0.29, 0.717) is 0 Å². The van der Waals surface area contributed by atoms with Crippen LogP contribution in [-0.4, -0.2) is 18.9 Å². The van der Waals surface area contributed by atoms with Crippen LogP contribution in [0.4, 0.5) is 13.2 Å². The standard InChI is InChI=1S/C8H10F3N.C2H6/c1-4-5-6(2)7(12-3)8(9,10)11;1-2/h4-5H,1H2,2-3H3;1-2H3/b6-5-,12-7?;. The molecule has 0 N–H and O–H groups in total. The van der Waals surface area contributed by atoms with Gasteiger partial charge < -0.3 is 0 Å². The lowest BCUT2D eigenvalue weighted by atomic mass is 10.1. The summed E-state index contributed by atoms with van der Waals surface area (Å²) in [5, 5.41) is 0. The van der Waals surface area contributed by atoms with Crippen LogP contribution in [0.5, 0.6) is 0 Å². The molecule has 0 aromatic heterocycles. The van der Waals surface area contributed by atoms with Crippen molar-refractivity contribution in [3.8, 4) is 0 Å². The fourth-order valence-electron chi connectivity index (χ4n) is 0.782. The van der Waals surface area contributed by atoms with E-state index in [0.717, 1.165) is 7.05 Å². The second-order valence-electron chi connectivity index (χ2n) is 2.16. The summed E-state index contributed by atoms with van der Waals surface area (Å²) in [6.07, 6.45) is -1.81. The average molecular weight is 207 g/mol. The molecule has 0 aliphatic carbocycles. The molecular formula is C10H16F3N. The molecule has 0 aliphatic rings. The van der Waals surface area contributed by atoms with E-state index in [1.54, 1.807) is 0 Å². The normalized spacial score (nSPS) is 13.1. The van der Waals surface area contributed by atoms with Crippen molar-refractivity contribution in [3.05, 3.63) is 24.3 Å². The predicted molar refractivity (Wildman–Crippen MR) is 54.7 cm³/mol. The number of aliphatic imine (C=N–C) groups is 1. The van der Waals surface area contributed by atoms with Crippen molar-refractivity contribution in [1.82, 2.24) is 0 Å². The van der Waals surface area contributed by atoms with Gasteiger partial charge in [-0.2, -0.15) is 13.2 Å². The maximum atomic E-state index is 12.1. The number of alkyl halides is 3. The van der Waals surface area contributed by atoms with Gasteiger partial charge in [-0.05, 0) is 12.5 Å². The Balaban J connectivity index is 0. The van der Waals surface area contributed by atoms with Gasteiger partial charge in [-0.1, -0.05) is 32.6 Å². The van der Waals surface area contributed by atoms with Crippen molar-refractivity contribution in [2.24, 2.45) is 4.99 Å². The SMILES string of the molecule is C=C/C=C(/C)C(=NC)C(F)(F)F.CC. The van der Waals surface area contributed by atoms with Gasteiger partial charge in [0, 0.05) is 7.05 Å². The quantitative estimate of drug-likeness (QED) is 0.482. The molecule has 4 heteroatoms. The Labute approximate surface area is 83.0 Å². The molecule has 1 nitrogen and oxygen atoms in total. The molecule has 0 saturated carbocycles. The first-order chi connectivity index (χ1) is 6.43. The first-order valence-electron chi connectivity index (χ1n) is 4.27. The highest BCUT2D eigenvalue weighted by molar-refractivity contribution is 6.03. The number of allylic oxidation sites excluding steroid dienone is 3. The molecule has 0 amide bonds. The van der Waals surface area contributed by atoms with Crippen molar-refractivity contribution >= 4 is 5.71 Å². The third kappa shape index (κ3) is 5.56. The minimum absolute atomic E-state index is 0.0694. The van der Waals surface area contributed by atoms with E-state index in [2.05, 4.69) is 11.6 Å². The van der Waals surface area contributed by atoms with E-state index in [1.807, 2.05) is 13.8 Å². The molecule has 0 saturated heterocycles. The van der Waals surface area contributed by atoms with E-state index >= 15 is 0 Å². The number of halogens is 3. The predicted octanol–water partition coefficient (Wildman–Crippen LogP) is 3.78. The van der Waals surface area contributed by atoms with E-state index in [1.165, 1.54) is 19.1 Å². The van der Waals surface area contributed by atoms with Gasteiger partial charge in [0.25, 0.3) is 0 Å². The fraction of sp³-hybridized carbons (Fsp3) is 0.500. The highest BCUT2D eigenvalue weighted by Crippen LogP contribution is 2.21. The Morgan fingerprint density at radius 2 is 1.71 bits per heavy atom. The molecule has 0 aromatic rings. The first kappa shape index (κ1) is 15.4. The van der Waals surface area contributed by atoms with Gasteiger partial charge in [-0.15, -0.1) is 0 Å². The molecule has 0 bridgehead atoms. The summed E-state index contributed by atoms with van der Waals surface area (Å²) >= 11 is 0. The summed E-state index contributed by atoms with van der Waals surface area (Å²) in [6, 6.07) is 0. The monoisotopic (exact) mass is 207 g/mol. The smallest absolute Gasteiger partial charge is 0.284 e. The molecule has 0 spiro atoms. The van der Waals surface area contributed by atoms with Gasteiger partial charge in [0.2, 0.25) is 0 Å². The van der Waals surface area contributed by atoms with Gasteiger partial charge in [0.05, 0.1) is 0 Å². The summed E-state index contributed by atoms with van der Waals surface area (Å²) in [4.78, 5) is 3.15. The minimum Gasteiger partial charge on any atom is -0.284 e. The Morgan fingerprint density at radius 1 is 1.29 bits per heavy atom. The van der Waals surface area contributed by atoms with Gasteiger partial charge in [-0.3, -0.25) is 4.99 Å². The van der Waals surface area contributed by atoms with Crippen LogP contribution in [0.1, 0.15) is 20.8 Å². The van der Waals surface area contributed by atoms with Gasteiger partial charge in [-0.25, -0.2) is 0 Å². The average Bonchev–Trinajstić information content (AvgIpc) is 2.07. The Hall–Kier alpha value is -1.06. The molecule has 14 heavy (non-hydrogen) atoms. The summed E-state index contributed by atoms with van der Waals surface area (Å²) in [7, 11) is 1.11. The maximum Gasteiger partial charge on any atom is 0.433 e. The second kappa shape index (κ2) is 7.35. The van der Waals surface area contributed by atoms with E-state index in [-0.39, 0.29) is 5.57 Å². The summed E-state index contributed by atoms with van der Waals surface area (Å²) in [5.41, 5.74) is -0.789. The molecule has 0 fully saturated rings. The molecular weight excluding hydrogens is 191 g/mol. The highest BCUT2D eigenvalue weighted by atomic mass is 19.4. The minimum atomic E-state index is -4.38. The van der Waals surface area contributed by atoms with Crippen molar-refractivity contribution < 1.29 is 13.2 Å². The summed E-state index contributed by atoms with van der Waals surface area (Å²) in [6.45, 7) is 8.65. The Kier molecular flexibility index (Phi) is 8.10. The lowest BCUT2D eigenvalue weighted by molar-refractivity contribution is -0.0582. The molecule has 0 rings (SSSR count). The third-order valence-electron chi connectivity index (χ3n) is 1.23. The molecule has 0 unspecified atom stereocenters. The number of hydrogen-bond donors (Lipinski definition) is 0. The van der Waals surface area contributed by atoms with Crippen LogP contribution in [0.2, 0.25) is 0 Å². The Morgan fingerprint density at radius 3 is 1.93 bits per heavy atom. The van der Waals surface area contributed by atoms with E-state index in [4.69, 9.17) is 0 Å². The van der Waals surface area contributed by atoms with Gasteiger partial charge in [0.15, 0.2) is 0 Å². The van der Waals surface area contributed by atoms with Gasteiger partial charge >= 0.3 is 6.18 Å². The zero-order chi connectivity index (χ0) is 11.8. The van der Waals surface area contributed by atoms with Crippen molar-refractivity contribution in [2.45, 2.75) is 26.9 Å². The lowest BCUT2D eigenvalue weighted by Crippen LogP contribution is -2.23. The van der Waals surface area contributed by atoms with E-state index in [9.17, 15) is 13.2 Å². The van der Waals surface area contributed by atoms with Crippen molar-refractivity contribution in [1.29, 1.82) is 0 Å². The topological polar surface area (TPSA) is 12.4 Å². The molecule has 0 heterocycles. The molecule has 0 radical (unpaired) electrons. The highest BCUT2D eigenvalue weighted by Gasteiger charge is 2.35. The van der Waals surface area contributed by atoms with Crippen molar-refractivity contribution in [2.75, 3.05) is 7.05 Å². The van der Waals surface area contributed by atoms with E-state index < -0.39 is 11.9 Å². The van der Waals surface area contributed by atoms with Crippen LogP contribution in [0.3, 0.4) is 0 Å². The number of hydrogen-bond acceptors (Lipinski definition) is 1. The molecule has 0 aliphatic heterocycles. The maximum absolute atomic E-state index is 12.1.